The van der Waals surface area contributed by atoms with Crippen LogP contribution in [0, 0.1) is 5.41 Å². The average molecular weight is 362 g/mol. The smallest absolute Gasteiger partial charge is 0.138 e. The molecule has 0 saturated carbocycles. The molecule has 0 aliphatic carbocycles. The Balaban J connectivity index is 2.24. The molecule has 0 aliphatic rings. The molecule has 3 rings (SSSR count). The zero-order chi connectivity index (χ0) is 17.3. The van der Waals surface area contributed by atoms with E-state index in [1.807, 2.05) is 0 Å². The number of allylic oxidation sites excluding steroid dienone is 1. The van der Waals surface area contributed by atoms with E-state index in [9.17, 15) is 5.11 Å². The lowest BCUT2D eigenvalue weighted by Crippen LogP contribution is -1.94. The molecule has 24 heavy (non-hydrogen) atoms. The van der Waals surface area contributed by atoms with Crippen molar-refractivity contribution in [2.75, 3.05) is 7.11 Å². The quantitative estimate of drug-likeness (QED) is 0.453. The largest absolute Gasteiger partial charge is 0.507 e. The molecule has 0 amide bonds. The number of aromatic amines is 1. The molecule has 3 N–H and O–H groups in total. The van der Waals surface area contributed by atoms with Crippen LogP contribution in [0.2, 0.25) is 10.0 Å². The van der Waals surface area contributed by atoms with Crippen LogP contribution in [0.25, 0.3) is 22.4 Å². The van der Waals surface area contributed by atoms with Crippen LogP contribution in [-0.2, 0) is 0 Å². The number of benzene rings is 1. The third-order valence-electron chi connectivity index (χ3n) is 3.64. The topological polar surface area (TPSA) is 82.0 Å². The zero-order valence-electron chi connectivity index (χ0n) is 12.6. The molecule has 0 spiro atoms. The van der Waals surface area contributed by atoms with Gasteiger partial charge in [0.15, 0.2) is 0 Å². The summed E-state index contributed by atoms with van der Waals surface area (Å²) in [6.07, 6.45) is 4.24. The predicted molar refractivity (Wildman–Crippen MR) is 97.3 cm³/mol. The normalized spacial score (nSPS) is 12.1. The van der Waals surface area contributed by atoms with Crippen molar-refractivity contribution in [3.8, 4) is 5.75 Å². The minimum absolute atomic E-state index is 0.101. The molecule has 0 bridgehead atoms. The first-order valence-corrected chi connectivity index (χ1v) is 7.72. The first kappa shape index (κ1) is 16.4. The molecule has 0 radical (unpaired) electrons. The molecule has 2 aromatic heterocycles. The first-order chi connectivity index (χ1) is 11.6. The standard InChI is InChI=1S/C17H13Cl2N3O2/c1-24-9-5-11-13(8-22-17(11)21-7-9)16(23)12(6-20)10-3-2-4-14(18)15(10)19/h2-8,20,23H,1H3,(H,21,22)/b16-12+,20-6?. The van der Waals surface area contributed by atoms with E-state index >= 15 is 0 Å². The number of fused-ring (bicyclic) bond motifs is 1. The van der Waals surface area contributed by atoms with E-state index in [1.54, 1.807) is 43.8 Å². The van der Waals surface area contributed by atoms with Gasteiger partial charge in [0, 0.05) is 34.5 Å². The third kappa shape index (κ3) is 2.72. The van der Waals surface area contributed by atoms with Crippen molar-refractivity contribution < 1.29 is 9.84 Å². The molecular weight excluding hydrogens is 349 g/mol. The lowest BCUT2D eigenvalue weighted by molar-refractivity contribution is 0.413. The SMILES string of the molecule is COc1cnc2[nH]cc(/C(O)=C(/C=N)c3cccc(Cl)c3Cl)c2c1. The summed E-state index contributed by atoms with van der Waals surface area (Å²) in [5.74, 6) is 0.462. The monoisotopic (exact) mass is 361 g/mol. The number of ether oxygens (including phenoxy) is 1. The summed E-state index contributed by atoms with van der Waals surface area (Å²) >= 11 is 12.3. The Labute approximate surface area is 148 Å². The highest BCUT2D eigenvalue weighted by Crippen LogP contribution is 2.35. The molecule has 7 heteroatoms. The van der Waals surface area contributed by atoms with Crippen LogP contribution in [0.3, 0.4) is 0 Å². The fourth-order valence-corrected chi connectivity index (χ4v) is 2.82. The second-order valence-electron chi connectivity index (χ2n) is 4.98. The van der Waals surface area contributed by atoms with Crippen molar-refractivity contribution in [2.24, 2.45) is 0 Å². The van der Waals surface area contributed by atoms with Crippen LogP contribution >= 0.6 is 23.2 Å². The lowest BCUT2D eigenvalue weighted by Gasteiger charge is -2.09. The molecule has 0 aliphatic heterocycles. The number of hydrogen-bond acceptors (Lipinski definition) is 4. The average Bonchev–Trinajstić information content (AvgIpc) is 3.02. The van der Waals surface area contributed by atoms with Gasteiger partial charge in [0.05, 0.1) is 23.4 Å². The number of nitrogens with zero attached hydrogens (tertiary/aromatic N) is 1. The van der Waals surface area contributed by atoms with Crippen LogP contribution in [0.1, 0.15) is 11.1 Å². The van der Waals surface area contributed by atoms with Gasteiger partial charge in [-0.2, -0.15) is 0 Å². The van der Waals surface area contributed by atoms with E-state index in [0.717, 1.165) is 6.21 Å². The van der Waals surface area contributed by atoms with Crippen LogP contribution in [-0.4, -0.2) is 28.4 Å². The zero-order valence-corrected chi connectivity index (χ0v) is 14.1. The number of H-pyrrole nitrogens is 1. The van der Waals surface area contributed by atoms with Crippen LogP contribution in [0.5, 0.6) is 5.75 Å². The van der Waals surface area contributed by atoms with Gasteiger partial charge in [-0.15, -0.1) is 0 Å². The van der Waals surface area contributed by atoms with Crippen molar-refractivity contribution in [3.05, 3.63) is 57.8 Å². The lowest BCUT2D eigenvalue weighted by atomic mass is 10.0. The molecule has 3 aromatic rings. The molecular formula is C17H13Cl2N3O2. The van der Waals surface area contributed by atoms with Gasteiger partial charge >= 0.3 is 0 Å². The molecule has 0 saturated heterocycles. The Morgan fingerprint density at radius 1 is 1.33 bits per heavy atom. The summed E-state index contributed by atoms with van der Waals surface area (Å²) < 4.78 is 5.18. The summed E-state index contributed by atoms with van der Waals surface area (Å²) in [4.78, 5) is 7.21. The number of pyridine rings is 1. The van der Waals surface area contributed by atoms with E-state index in [-0.39, 0.29) is 16.4 Å². The number of hydrogen-bond donors (Lipinski definition) is 3. The number of aliphatic hydroxyl groups is 1. The van der Waals surface area contributed by atoms with Gasteiger partial charge in [0.2, 0.25) is 0 Å². The Morgan fingerprint density at radius 2 is 2.12 bits per heavy atom. The molecule has 1 aromatic carbocycles. The van der Waals surface area contributed by atoms with Crippen LogP contribution in [0.4, 0.5) is 0 Å². The summed E-state index contributed by atoms with van der Waals surface area (Å²) in [7, 11) is 1.54. The number of rotatable bonds is 4. The molecule has 0 fully saturated rings. The fourth-order valence-electron chi connectivity index (χ4n) is 2.42. The van der Waals surface area contributed by atoms with Crippen molar-refractivity contribution in [1.29, 1.82) is 5.41 Å². The maximum Gasteiger partial charge on any atom is 0.138 e. The fraction of sp³-hybridized carbons (Fsp3) is 0.0588. The summed E-state index contributed by atoms with van der Waals surface area (Å²) in [6.45, 7) is 0. The summed E-state index contributed by atoms with van der Waals surface area (Å²) in [5, 5.41) is 19.7. The van der Waals surface area contributed by atoms with Crippen LogP contribution in [0.15, 0.2) is 36.7 Å². The predicted octanol–water partition coefficient (Wildman–Crippen LogP) is 4.95. The summed E-state index contributed by atoms with van der Waals surface area (Å²) in [5.41, 5.74) is 1.82. The second-order valence-corrected chi connectivity index (χ2v) is 5.77. The maximum absolute atomic E-state index is 10.7. The molecule has 2 heterocycles. The minimum atomic E-state index is -0.101. The second kappa shape index (κ2) is 6.55. The van der Waals surface area contributed by atoms with Gasteiger partial charge in [-0.05, 0) is 12.1 Å². The number of aromatic nitrogens is 2. The van der Waals surface area contributed by atoms with E-state index in [4.69, 9.17) is 33.3 Å². The molecule has 5 nitrogen and oxygen atoms in total. The van der Waals surface area contributed by atoms with Gasteiger partial charge in [0.25, 0.3) is 0 Å². The molecule has 0 unspecified atom stereocenters. The highest BCUT2D eigenvalue weighted by molar-refractivity contribution is 6.44. The van der Waals surface area contributed by atoms with Crippen LogP contribution < -0.4 is 4.74 Å². The van der Waals surface area contributed by atoms with E-state index in [0.29, 0.717) is 32.9 Å². The van der Waals surface area contributed by atoms with Crippen molar-refractivity contribution >= 4 is 51.8 Å². The number of nitrogens with one attached hydrogen (secondary N) is 2. The first-order valence-electron chi connectivity index (χ1n) is 6.96. The number of aliphatic hydroxyl groups excluding tert-OH is 1. The molecule has 122 valence electrons. The van der Waals surface area contributed by atoms with Gasteiger partial charge in [-0.1, -0.05) is 35.3 Å². The molecule has 0 atom stereocenters. The van der Waals surface area contributed by atoms with Crippen molar-refractivity contribution in [3.63, 3.8) is 0 Å². The van der Waals surface area contributed by atoms with Gasteiger partial charge in [-0.3, -0.25) is 0 Å². The van der Waals surface area contributed by atoms with Crippen molar-refractivity contribution in [1.82, 2.24) is 9.97 Å². The van der Waals surface area contributed by atoms with E-state index < -0.39 is 0 Å². The number of halogens is 2. The van der Waals surface area contributed by atoms with Crippen molar-refractivity contribution in [2.45, 2.75) is 0 Å². The summed E-state index contributed by atoms with van der Waals surface area (Å²) in [6, 6.07) is 6.80. The Kier molecular flexibility index (Phi) is 4.46. The van der Waals surface area contributed by atoms with E-state index in [1.165, 1.54) is 0 Å². The Hall–Kier alpha value is -2.50. The van der Waals surface area contributed by atoms with Gasteiger partial charge in [-0.25, -0.2) is 4.98 Å². The number of methoxy groups -OCH3 is 1. The van der Waals surface area contributed by atoms with Gasteiger partial charge in [0.1, 0.15) is 17.2 Å². The highest BCUT2D eigenvalue weighted by atomic mass is 35.5. The highest BCUT2D eigenvalue weighted by Gasteiger charge is 2.17. The van der Waals surface area contributed by atoms with Gasteiger partial charge < -0.3 is 20.2 Å². The minimum Gasteiger partial charge on any atom is -0.507 e. The Bertz CT molecular complexity index is 964. The Morgan fingerprint density at radius 3 is 2.83 bits per heavy atom. The van der Waals surface area contributed by atoms with E-state index in [2.05, 4.69) is 9.97 Å². The maximum atomic E-state index is 10.7. The third-order valence-corrected chi connectivity index (χ3v) is 4.46.